The molecule has 136 valence electrons. The van der Waals surface area contributed by atoms with E-state index in [9.17, 15) is 0 Å². The van der Waals surface area contributed by atoms with Crippen molar-refractivity contribution in [3.05, 3.63) is 36.4 Å². The van der Waals surface area contributed by atoms with Crippen molar-refractivity contribution in [1.82, 2.24) is 14.9 Å². The molecular formula is C20H31N5. The van der Waals surface area contributed by atoms with Gasteiger partial charge in [0, 0.05) is 31.8 Å². The van der Waals surface area contributed by atoms with Gasteiger partial charge in [0.15, 0.2) is 0 Å². The van der Waals surface area contributed by atoms with Crippen LogP contribution in [0.5, 0.6) is 0 Å². The minimum Gasteiger partial charge on any atom is -0.370 e. The van der Waals surface area contributed by atoms with Crippen LogP contribution in [-0.2, 0) is 0 Å². The molecule has 0 saturated heterocycles. The summed E-state index contributed by atoms with van der Waals surface area (Å²) in [6.07, 6.45) is 3.39. The second kappa shape index (κ2) is 9.99. The maximum absolute atomic E-state index is 4.78. The van der Waals surface area contributed by atoms with Crippen molar-refractivity contribution in [2.45, 2.75) is 26.2 Å². The summed E-state index contributed by atoms with van der Waals surface area (Å²) in [7, 11) is 6.26. The normalized spacial score (nSPS) is 10.9. The van der Waals surface area contributed by atoms with Crippen LogP contribution in [0.15, 0.2) is 36.4 Å². The van der Waals surface area contributed by atoms with Crippen molar-refractivity contribution in [2.75, 3.05) is 51.0 Å². The average molecular weight is 342 g/mol. The Labute approximate surface area is 152 Å². The fraction of sp³-hybridized carbons (Fsp3) is 0.500. The lowest BCUT2D eigenvalue weighted by molar-refractivity contribution is 0.405. The lowest BCUT2D eigenvalue weighted by Gasteiger charge is -2.19. The van der Waals surface area contributed by atoms with E-state index in [1.54, 1.807) is 0 Å². The Morgan fingerprint density at radius 3 is 2.40 bits per heavy atom. The second-order valence-corrected chi connectivity index (χ2v) is 6.66. The van der Waals surface area contributed by atoms with Gasteiger partial charge < -0.3 is 15.1 Å². The van der Waals surface area contributed by atoms with Gasteiger partial charge in [0.2, 0.25) is 5.95 Å². The molecule has 25 heavy (non-hydrogen) atoms. The lowest BCUT2D eigenvalue weighted by atomic mass is 10.1. The first-order chi connectivity index (χ1) is 12.1. The molecule has 0 aliphatic heterocycles. The number of unbranched alkanes of at least 4 members (excludes halogenated alkanes) is 1. The van der Waals surface area contributed by atoms with Crippen LogP contribution in [0.4, 0.5) is 11.8 Å². The highest BCUT2D eigenvalue weighted by Gasteiger charge is 2.10. The first kappa shape index (κ1) is 19.2. The third-order valence-electron chi connectivity index (χ3n) is 4.06. The molecule has 2 aromatic rings. The predicted molar refractivity (Wildman–Crippen MR) is 107 cm³/mol. The van der Waals surface area contributed by atoms with Gasteiger partial charge in [-0.15, -0.1) is 0 Å². The number of nitrogens with one attached hydrogen (secondary N) is 1. The fourth-order valence-electron chi connectivity index (χ4n) is 2.56. The van der Waals surface area contributed by atoms with E-state index in [4.69, 9.17) is 9.97 Å². The Kier molecular flexibility index (Phi) is 7.67. The number of rotatable bonds is 10. The number of anilines is 2. The summed E-state index contributed by atoms with van der Waals surface area (Å²) in [5.41, 5.74) is 2.08. The Bertz CT molecular complexity index is 627. The third-order valence-corrected chi connectivity index (χ3v) is 4.06. The Hall–Kier alpha value is -2.14. The van der Waals surface area contributed by atoms with Gasteiger partial charge in [-0.2, -0.15) is 4.98 Å². The van der Waals surface area contributed by atoms with E-state index in [0.717, 1.165) is 55.5 Å². The van der Waals surface area contributed by atoms with E-state index in [-0.39, 0.29) is 0 Å². The number of benzene rings is 1. The van der Waals surface area contributed by atoms with Gasteiger partial charge in [-0.3, -0.25) is 0 Å². The van der Waals surface area contributed by atoms with Crippen LogP contribution in [-0.4, -0.2) is 55.6 Å². The van der Waals surface area contributed by atoms with Crippen molar-refractivity contribution < 1.29 is 0 Å². The molecule has 0 aliphatic rings. The summed E-state index contributed by atoms with van der Waals surface area (Å²) < 4.78 is 0. The van der Waals surface area contributed by atoms with Gasteiger partial charge in [-0.05, 0) is 33.5 Å². The molecule has 1 N–H and O–H groups in total. The van der Waals surface area contributed by atoms with Gasteiger partial charge in [-0.25, -0.2) is 4.98 Å². The lowest BCUT2D eigenvalue weighted by Crippen LogP contribution is -2.22. The molecule has 0 bridgehead atoms. The van der Waals surface area contributed by atoms with Crippen molar-refractivity contribution in [1.29, 1.82) is 0 Å². The zero-order chi connectivity index (χ0) is 18.1. The molecule has 5 heteroatoms. The van der Waals surface area contributed by atoms with Gasteiger partial charge in [0.1, 0.15) is 5.82 Å². The number of hydrogen-bond donors (Lipinski definition) is 1. The number of aromatic nitrogens is 2. The summed E-state index contributed by atoms with van der Waals surface area (Å²) >= 11 is 0. The minimum atomic E-state index is 0.782. The highest BCUT2D eigenvalue weighted by Crippen LogP contribution is 2.22. The number of hydrogen-bond acceptors (Lipinski definition) is 5. The summed E-state index contributed by atoms with van der Waals surface area (Å²) in [6, 6.07) is 12.3. The van der Waals surface area contributed by atoms with Crippen molar-refractivity contribution in [3.8, 4) is 11.3 Å². The highest BCUT2D eigenvalue weighted by atomic mass is 15.2. The SMILES string of the molecule is CCCCN(C)c1nc(NCCCN(C)C)cc(-c2ccccc2)n1. The van der Waals surface area contributed by atoms with E-state index >= 15 is 0 Å². The van der Waals surface area contributed by atoms with Crippen LogP contribution in [0.25, 0.3) is 11.3 Å². The molecule has 5 nitrogen and oxygen atoms in total. The van der Waals surface area contributed by atoms with E-state index in [2.05, 4.69) is 55.3 Å². The third kappa shape index (κ3) is 6.35. The van der Waals surface area contributed by atoms with Crippen LogP contribution in [0.1, 0.15) is 26.2 Å². The number of nitrogens with zero attached hydrogens (tertiary/aromatic N) is 4. The molecule has 1 aromatic carbocycles. The molecule has 0 aliphatic carbocycles. The molecule has 0 amide bonds. The van der Waals surface area contributed by atoms with Gasteiger partial charge in [-0.1, -0.05) is 43.7 Å². The summed E-state index contributed by atoms with van der Waals surface area (Å²) in [5, 5.41) is 3.46. The van der Waals surface area contributed by atoms with Crippen molar-refractivity contribution in [3.63, 3.8) is 0 Å². The summed E-state index contributed by atoms with van der Waals surface area (Å²) in [6.45, 7) is 5.13. The standard InChI is InChI=1S/C20H31N5/c1-5-6-15-25(4)20-22-18(17-11-8-7-9-12-17)16-19(23-20)21-13-10-14-24(2)3/h7-9,11-12,16H,5-6,10,13-15H2,1-4H3,(H,21,22,23). The van der Waals surface area contributed by atoms with Crippen LogP contribution < -0.4 is 10.2 Å². The van der Waals surface area contributed by atoms with E-state index in [1.165, 1.54) is 6.42 Å². The zero-order valence-corrected chi connectivity index (χ0v) is 16.0. The molecule has 0 fully saturated rings. The van der Waals surface area contributed by atoms with Crippen LogP contribution >= 0.6 is 0 Å². The molecule has 0 spiro atoms. The maximum Gasteiger partial charge on any atom is 0.227 e. The van der Waals surface area contributed by atoms with E-state index in [1.807, 2.05) is 24.3 Å². The summed E-state index contributed by atoms with van der Waals surface area (Å²) in [4.78, 5) is 13.8. The fourth-order valence-corrected chi connectivity index (χ4v) is 2.56. The molecule has 0 unspecified atom stereocenters. The van der Waals surface area contributed by atoms with E-state index in [0.29, 0.717) is 0 Å². The first-order valence-electron chi connectivity index (χ1n) is 9.14. The molecule has 0 atom stereocenters. The Balaban J connectivity index is 2.19. The molecule has 2 rings (SSSR count). The van der Waals surface area contributed by atoms with Gasteiger partial charge in [0.25, 0.3) is 0 Å². The Morgan fingerprint density at radius 2 is 1.72 bits per heavy atom. The maximum atomic E-state index is 4.78. The van der Waals surface area contributed by atoms with Crippen LogP contribution in [0.2, 0.25) is 0 Å². The molecule has 1 heterocycles. The van der Waals surface area contributed by atoms with Gasteiger partial charge in [0.05, 0.1) is 5.69 Å². The molecular weight excluding hydrogens is 310 g/mol. The molecule has 1 aromatic heterocycles. The smallest absolute Gasteiger partial charge is 0.227 e. The van der Waals surface area contributed by atoms with Gasteiger partial charge >= 0.3 is 0 Å². The van der Waals surface area contributed by atoms with Crippen LogP contribution in [0, 0.1) is 0 Å². The largest absolute Gasteiger partial charge is 0.370 e. The second-order valence-electron chi connectivity index (χ2n) is 6.66. The molecule has 0 radical (unpaired) electrons. The van der Waals surface area contributed by atoms with Crippen molar-refractivity contribution in [2.24, 2.45) is 0 Å². The topological polar surface area (TPSA) is 44.3 Å². The average Bonchev–Trinajstić information content (AvgIpc) is 2.63. The zero-order valence-electron chi connectivity index (χ0n) is 16.0. The van der Waals surface area contributed by atoms with E-state index < -0.39 is 0 Å². The Morgan fingerprint density at radius 1 is 0.960 bits per heavy atom. The quantitative estimate of drug-likeness (QED) is 0.667. The predicted octanol–water partition coefficient (Wildman–Crippen LogP) is 3.74. The minimum absolute atomic E-state index is 0.782. The molecule has 0 saturated carbocycles. The highest BCUT2D eigenvalue weighted by molar-refractivity contribution is 5.64. The van der Waals surface area contributed by atoms with Crippen molar-refractivity contribution >= 4 is 11.8 Å². The van der Waals surface area contributed by atoms with Crippen LogP contribution in [0.3, 0.4) is 0 Å². The summed E-state index contributed by atoms with van der Waals surface area (Å²) in [5.74, 6) is 1.68. The first-order valence-corrected chi connectivity index (χ1v) is 9.14. The monoisotopic (exact) mass is 341 g/mol.